The number of nitrogens with one attached hydrogen (secondary N) is 1. The van der Waals surface area contributed by atoms with E-state index in [0.29, 0.717) is 6.04 Å². The lowest BCUT2D eigenvalue weighted by molar-refractivity contribution is 0.420. The van der Waals surface area contributed by atoms with E-state index in [4.69, 9.17) is 0 Å². The molecule has 0 heterocycles. The van der Waals surface area contributed by atoms with E-state index in [1.807, 2.05) is 0 Å². The van der Waals surface area contributed by atoms with Crippen LogP contribution >= 0.6 is 0 Å². The van der Waals surface area contributed by atoms with E-state index >= 15 is 0 Å². The molecule has 0 saturated heterocycles. The summed E-state index contributed by atoms with van der Waals surface area (Å²) in [5.74, 6) is 0.725. The van der Waals surface area contributed by atoms with Gasteiger partial charge >= 0.3 is 0 Å². The Morgan fingerprint density at radius 3 is 3.00 bits per heavy atom. The average Bonchev–Trinajstić information content (AvgIpc) is 2.61. The molecule has 1 aliphatic carbocycles. The van der Waals surface area contributed by atoms with Crippen molar-refractivity contribution in [3.8, 4) is 0 Å². The van der Waals surface area contributed by atoms with Crippen LogP contribution in [0.5, 0.6) is 0 Å². The molecule has 1 aromatic rings. The van der Waals surface area contributed by atoms with Gasteiger partial charge < -0.3 is 5.32 Å². The molecule has 0 aromatic heterocycles. The van der Waals surface area contributed by atoms with Crippen molar-refractivity contribution in [3.63, 3.8) is 0 Å². The highest BCUT2D eigenvalue weighted by atomic mass is 14.9. The number of hydrogen-bond acceptors (Lipinski definition) is 1. The molecule has 0 saturated carbocycles. The summed E-state index contributed by atoms with van der Waals surface area (Å²) >= 11 is 0. The van der Waals surface area contributed by atoms with Gasteiger partial charge in [-0.2, -0.15) is 0 Å². The van der Waals surface area contributed by atoms with Crippen LogP contribution < -0.4 is 5.32 Å². The molecule has 0 amide bonds. The maximum atomic E-state index is 3.67. The molecule has 0 aliphatic heterocycles. The maximum Gasteiger partial charge on any atom is 0.0352 e. The third-order valence-corrected chi connectivity index (χ3v) is 3.41. The Morgan fingerprint density at radius 2 is 2.19 bits per heavy atom. The summed E-state index contributed by atoms with van der Waals surface area (Å²) < 4.78 is 0. The molecule has 0 spiro atoms. The van der Waals surface area contributed by atoms with Gasteiger partial charge in [0.25, 0.3) is 0 Å². The van der Waals surface area contributed by atoms with Crippen molar-refractivity contribution in [3.05, 3.63) is 47.5 Å². The summed E-state index contributed by atoms with van der Waals surface area (Å²) in [6.45, 7) is 5.49. The third-order valence-electron chi connectivity index (χ3n) is 3.41. The Bertz CT molecular complexity index is 367. The Labute approximate surface area is 98.6 Å². The normalized spacial score (nSPS) is 23.9. The fourth-order valence-electron chi connectivity index (χ4n) is 2.59. The lowest BCUT2D eigenvalue weighted by Gasteiger charge is -2.18. The predicted octanol–water partition coefficient (Wildman–Crippen LogP) is 3.48. The van der Waals surface area contributed by atoms with Crippen LogP contribution in [0.4, 0.5) is 0 Å². The van der Waals surface area contributed by atoms with Gasteiger partial charge in [0.1, 0.15) is 0 Å². The third kappa shape index (κ3) is 2.35. The van der Waals surface area contributed by atoms with E-state index in [9.17, 15) is 0 Å². The van der Waals surface area contributed by atoms with Crippen LogP contribution in [0.25, 0.3) is 0 Å². The fraction of sp³-hybridized carbons (Fsp3) is 0.467. The van der Waals surface area contributed by atoms with Gasteiger partial charge in [-0.25, -0.2) is 0 Å². The van der Waals surface area contributed by atoms with E-state index in [-0.39, 0.29) is 0 Å². The minimum atomic E-state index is 0.557. The van der Waals surface area contributed by atoms with Crippen molar-refractivity contribution in [2.75, 3.05) is 6.54 Å². The highest BCUT2D eigenvalue weighted by Gasteiger charge is 2.27. The van der Waals surface area contributed by atoms with Gasteiger partial charge in [-0.1, -0.05) is 43.3 Å². The van der Waals surface area contributed by atoms with Gasteiger partial charge in [0.2, 0.25) is 0 Å². The van der Waals surface area contributed by atoms with Crippen LogP contribution in [-0.2, 0) is 6.42 Å². The zero-order chi connectivity index (χ0) is 11.4. The molecule has 1 aromatic carbocycles. The molecule has 2 rings (SSSR count). The van der Waals surface area contributed by atoms with E-state index in [2.05, 4.69) is 55.6 Å². The predicted molar refractivity (Wildman–Crippen MR) is 69.5 cm³/mol. The number of hydrogen-bond donors (Lipinski definition) is 1. The monoisotopic (exact) mass is 215 g/mol. The minimum absolute atomic E-state index is 0.557. The largest absolute Gasteiger partial charge is 0.309 e. The zero-order valence-corrected chi connectivity index (χ0v) is 10.2. The minimum Gasteiger partial charge on any atom is -0.309 e. The van der Waals surface area contributed by atoms with E-state index in [1.165, 1.54) is 17.5 Å². The smallest absolute Gasteiger partial charge is 0.0352 e. The van der Waals surface area contributed by atoms with E-state index in [0.717, 1.165) is 18.9 Å². The second-order valence-electron chi connectivity index (χ2n) is 4.67. The number of rotatable bonds is 4. The van der Waals surface area contributed by atoms with Crippen LogP contribution in [-0.4, -0.2) is 6.54 Å². The van der Waals surface area contributed by atoms with Gasteiger partial charge in [-0.3, -0.25) is 0 Å². The highest BCUT2D eigenvalue weighted by Crippen LogP contribution is 2.35. The Morgan fingerprint density at radius 1 is 1.38 bits per heavy atom. The molecule has 0 radical (unpaired) electrons. The first-order valence-corrected chi connectivity index (χ1v) is 6.25. The van der Waals surface area contributed by atoms with Gasteiger partial charge in [0.05, 0.1) is 0 Å². The van der Waals surface area contributed by atoms with E-state index < -0.39 is 0 Å². The van der Waals surface area contributed by atoms with E-state index in [1.54, 1.807) is 0 Å². The van der Waals surface area contributed by atoms with Crippen molar-refractivity contribution < 1.29 is 0 Å². The Hall–Kier alpha value is -1.08. The lowest BCUT2D eigenvalue weighted by atomic mass is 10.0. The van der Waals surface area contributed by atoms with Gasteiger partial charge in [-0.05, 0) is 43.4 Å². The quantitative estimate of drug-likeness (QED) is 0.599. The summed E-state index contributed by atoms with van der Waals surface area (Å²) in [6.07, 6.45) is 6.69. The second-order valence-corrected chi connectivity index (χ2v) is 4.67. The van der Waals surface area contributed by atoms with Gasteiger partial charge in [-0.15, -0.1) is 0 Å². The molecule has 0 fully saturated rings. The number of fused-ring (bicyclic) bond motifs is 1. The molecule has 1 nitrogen and oxygen atoms in total. The zero-order valence-electron chi connectivity index (χ0n) is 10.2. The second kappa shape index (κ2) is 5.31. The maximum absolute atomic E-state index is 3.67. The molecule has 1 aliphatic rings. The topological polar surface area (TPSA) is 12.0 Å². The van der Waals surface area contributed by atoms with Gasteiger partial charge in [0.15, 0.2) is 0 Å². The van der Waals surface area contributed by atoms with Crippen LogP contribution in [0, 0.1) is 5.92 Å². The van der Waals surface area contributed by atoms with Crippen molar-refractivity contribution in [1.82, 2.24) is 5.32 Å². The average molecular weight is 215 g/mol. The molecular formula is C15H21N. The lowest BCUT2D eigenvalue weighted by Crippen LogP contribution is -2.24. The fourth-order valence-corrected chi connectivity index (χ4v) is 2.59. The van der Waals surface area contributed by atoms with Crippen molar-refractivity contribution >= 4 is 0 Å². The SMILES string of the molecule is C/C=C/CCNC1c2ccccc2CC1C. The molecule has 2 atom stereocenters. The molecule has 1 N–H and O–H groups in total. The van der Waals surface area contributed by atoms with Crippen molar-refractivity contribution in [2.45, 2.75) is 32.7 Å². The Kier molecular flexibility index (Phi) is 3.79. The molecule has 86 valence electrons. The van der Waals surface area contributed by atoms with Crippen molar-refractivity contribution in [1.29, 1.82) is 0 Å². The molecular weight excluding hydrogens is 194 g/mol. The molecule has 2 unspecified atom stereocenters. The Balaban J connectivity index is 1.99. The molecule has 0 bridgehead atoms. The summed E-state index contributed by atoms with van der Waals surface area (Å²) in [7, 11) is 0. The summed E-state index contributed by atoms with van der Waals surface area (Å²) in [4.78, 5) is 0. The summed E-state index contributed by atoms with van der Waals surface area (Å²) in [5.41, 5.74) is 3.04. The number of benzene rings is 1. The number of allylic oxidation sites excluding steroid dienone is 1. The first-order valence-electron chi connectivity index (χ1n) is 6.25. The van der Waals surface area contributed by atoms with Crippen LogP contribution in [0.15, 0.2) is 36.4 Å². The van der Waals surface area contributed by atoms with Crippen LogP contribution in [0.3, 0.4) is 0 Å². The summed E-state index contributed by atoms with van der Waals surface area (Å²) in [6, 6.07) is 9.39. The first kappa shape index (κ1) is 11.4. The standard InChI is InChI=1S/C15H21N/c1-3-4-7-10-16-15-12(2)11-13-8-5-6-9-14(13)15/h3-6,8-9,12,15-16H,7,10-11H2,1-2H3/b4-3+. The van der Waals surface area contributed by atoms with Gasteiger partial charge in [0, 0.05) is 6.04 Å². The van der Waals surface area contributed by atoms with Crippen molar-refractivity contribution in [2.24, 2.45) is 5.92 Å². The van der Waals surface area contributed by atoms with Crippen LogP contribution in [0.2, 0.25) is 0 Å². The molecule has 16 heavy (non-hydrogen) atoms. The van der Waals surface area contributed by atoms with Crippen LogP contribution in [0.1, 0.15) is 37.4 Å². The summed E-state index contributed by atoms with van der Waals surface area (Å²) in [5, 5.41) is 3.67. The highest BCUT2D eigenvalue weighted by molar-refractivity contribution is 5.35. The first-order chi connectivity index (χ1) is 7.83. The molecule has 1 heteroatoms.